The van der Waals surface area contributed by atoms with Gasteiger partial charge in [-0.05, 0) is 31.4 Å². The third-order valence-electron chi connectivity index (χ3n) is 3.69. The van der Waals surface area contributed by atoms with Gasteiger partial charge in [0.15, 0.2) is 0 Å². The third-order valence-corrected chi connectivity index (χ3v) is 3.69. The zero-order valence-electron chi connectivity index (χ0n) is 12.0. The van der Waals surface area contributed by atoms with Crippen molar-refractivity contribution in [3.05, 3.63) is 24.3 Å². The Bertz CT molecular complexity index is 518. The number of carbonyl (C=O) groups excluding carboxylic acids is 1. The van der Waals surface area contributed by atoms with Crippen molar-refractivity contribution in [3.8, 4) is 5.75 Å². The zero-order chi connectivity index (χ0) is 15.2. The molecule has 1 saturated carbocycles. The maximum absolute atomic E-state index is 11.9. The number of aliphatic carboxylic acids is 1. The van der Waals surface area contributed by atoms with E-state index in [4.69, 9.17) is 9.84 Å². The number of ether oxygens (including phenoxy) is 1. The van der Waals surface area contributed by atoms with Gasteiger partial charge in [-0.25, -0.2) is 4.79 Å². The van der Waals surface area contributed by atoms with Gasteiger partial charge in [-0.15, -0.1) is 0 Å². The van der Waals surface area contributed by atoms with Crippen LogP contribution in [0.1, 0.15) is 25.7 Å². The van der Waals surface area contributed by atoms with Gasteiger partial charge in [0.2, 0.25) is 0 Å². The van der Waals surface area contributed by atoms with Gasteiger partial charge in [0, 0.05) is 17.8 Å². The summed E-state index contributed by atoms with van der Waals surface area (Å²) in [5.74, 6) is -0.480. The van der Waals surface area contributed by atoms with Crippen molar-refractivity contribution in [2.45, 2.75) is 31.7 Å². The van der Waals surface area contributed by atoms with E-state index in [9.17, 15) is 9.59 Å². The van der Waals surface area contributed by atoms with Crippen LogP contribution in [0, 0.1) is 5.92 Å². The van der Waals surface area contributed by atoms with Crippen LogP contribution in [0.4, 0.5) is 10.5 Å². The predicted molar refractivity (Wildman–Crippen MR) is 78.5 cm³/mol. The van der Waals surface area contributed by atoms with Gasteiger partial charge in [-0.2, -0.15) is 0 Å². The number of hydrogen-bond donors (Lipinski definition) is 3. The fraction of sp³-hybridized carbons (Fsp3) is 0.467. The maximum atomic E-state index is 11.9. The minimum absolute atomic E-state index is 0.0922. The van der Waals surface area contributed by atoms with E-state index >= 15 is 0 Å². The van der Waals surface area contributed by atoms with Crippen molar-refractivity contribution in [3.63, 3.8) is 0 Å². The molecule has 1 aromatic carbocycles. The van der Waals surface area contributed by atoms with Crippen LogP contribution in [-0.4, -0.2) is 30.3 Å². The highest BCUT2D eigenvalue weighted by molar-refractivity contribution is 5.89. The number of carbonyl (C=O) groups is 2. The lowest BCUT2D eigenvalue weighted by Crippen LogP contribution is -2.42. The van der Waals surface area contributed by atoms with Crippen molar-refractivity contribution in [1.82, 2.24) is 5.32 Å². The molecule has 1 aliphatic carbocycles. The molecule has 0 spiro atoms. The minimum Gasteiger partial charge on any atom is -0.497 e. The summed E-state index contributed by atoms with van der Waals surface area (Å²) in [5, 5.41) is 14.6. The van der Waals surface area contributed by atoms with Gasteiger partial charge in [0.05, 0.1) is 13.0 Å². The van der Waals surface area contributed by atoms with Crippen LogP contribution in [0.15, 0.2) is 24.3 Å². The molecule has 1 fully saturated rings. The monoisotopic (exact) mass is 292 g/mol. The number of carboxylic acid groups (broad SMARTS) is 1. The van der Waals surface area contributed by atoms with Crippen molar-refractivity contribution in [1.29, 1.82) is 0 Å². The summed E-state index contributed by atoms with van der Waals surface area (Å²) in [6.45, 7) is 0. The smallest absolute Gasteiger partial charge is 0.319 e. The normalized spacial score (nSPS) is 21.4. The van der Waals surface area contributed by atoms with Crippen molar-refractivity contribution >= 4 is 17.7 Å². The lowest BCUT2D eigenvalue weighted by Gasteiger charge is -2.27. The molecule has 6 nitrogen and oxygen atoms in total. The van der Waals surface area contributed by atoms with Gasteiger partial charge in [0.1, 0.15) is 5.75 Å². The van der Waals surface area contributed by atoms with Gasteiger partial charge in [-0.1, -0.05) is 12.5 Å². The molecule has 2 amide bonds. The van der Waals surface area contributed by atoms with Crippen LogP contribution < -0.4 is 15.4 Å². The summed E-state index contributed by atoms with van der Waals surface area (Å²) in [7, 11) is 1.56. The standard InChI is InChI=1S/C15H20N2O4/c1-21-13-7-3-6-12(9-13)17-15(20)16-11-5-2-4-10(8-11)14(18)19/h3,6-7,9-11H,2,4-5,8H2,1H3,(H,18,19)(H2,16,17,20). The Hall–Kier alpha value is -2.24. The number of benzene rings is 1. The van der Waals surface area contributed by atoms with E-state index < -0.39 is 5.97 Å². The van der Waals surface area contributed by atoms with E-state index in [-0.39, 0.29) is 18.0 Å². The highest BCUT2D eigenvalue weighted by atomic mass is 16.5. The molecule has 3 N–H and O–H groups in total. The number of carboxylic acids is 1. The molecule has 1 aliphatic rings. The molecule has 0 bridgehead atoms. The Labute approximate surface area is 123 Å². The van der Waals surface area contributed by atoms with Gasteiger partial charge >= 0.3 is 12.0 Å². The topological polar surface area (TPSA) is 87.7 Å². The number of rotatable bonds is 4. The average molecular weight is 292 g/mol. The summed E-state index contributed by atoms with van der Waals surface area (Å²) in [4.78, 5) is 23.0. The first-order valence-corrected chi connectivity index (χ1v) is 7.03. The first-order valence-electron chi connectivity index (χ1n) is 7.03. The second kappa shape index (κ2) is 6.97. The summed E-state index contributed by atoms with van der Waals surface area (Å²) >= 11 is 0. The van der Waals surface area contributed by atoms with Gasteiger partial charge in [0.25, 0.3) is 0 Å². The number of amides is 2. The highest BCUT2D eigenvalue weighted by Crippen LogP contribution is 2.24. The van der Waals surface area contributed by atoms with Crippen LogP contribution in [0.2, 0.25) is 0 Å². The Morgan fingerprint density at radius 1 is 1.33 bits per heavy atom. The molecule has 6 heteroatoms. The van der Waals surface area contributed by atoms with Crippen LogP contribution >= 0.6 is 0 Å². The molecular formula is C15H20N2O4. The molecule has 0 aliphatic heterocycles. The summed E-state index contributed by atoms with van der Waals surface area (Å²) in [5.41, 5.74) is 0.637. The summed E-state index contributed by atoms with van der Waals surface area (Å²) in [6.07, 6.45) is 2.81. The molecule has 0 heterocycles. The Kier molecular flexibility index (Phi) is 5.03. The number of nitrogens with one attached hydrogen (secondary N) is 2. The second-order valence-electron chi connectivity index (χ2n) is 5.23. The minimum atomic E-state index is -0.783. The van der Waals surface area contributed by atoms with Crippen molar-refractivity contribution in [2.75, 3.05) is 12.4 Å². The molecule has 2 rings (SSSR count). The highest BCUT2D eigenvalue weighted by Gasteiger charge is 2.27. The Balaban J connectivity index is 1.87. The lowest BCUT2D eigenvalue weighted by atomic mass is 9.86. The molecule has 0 saturated heterocycles. The number of anilines is 1. The van der Waals surface area contributed by atoms with E-state index in [0.717, 1.165) is 12.8 Å². The molecule has 21 heavy (non-hydrogen) atoms. The van der Waals surface area contributed by atoms with E-state index in [1.54, 1.807) is 31.4 Å². The molecule has 1 aromatic rings. The molecule has 0 radical (unpaired) electrons. The van der Waals surface area contributed by atoms with Crippen LogP contribution in [0.25, 0.3) is 0 Å². The van der Waals surface area contributed by atoms with E-state index in [0.29, 0.717) is 24.3 Å². The Morgan fingerprint density at radius 3 is 2.86 bits per heavy atom. The molecular weight excluding hydrogens is 272 g/mol. The fourth-order valence-electron chi connectivity index (χ4n) is 2.60. The average Bonchev–Trinajstić information content (AvgIpc) is 2.47. The van der Waals surface area contributed by atoms with Crippen LogP contribution in [0.5, 0.6) is 5.75 Å². The summed E-state index contributed by atoms with van der Waals surface area (Å²) in [6, 6.07) is 6.66. The van der Waals surface area contributed by atoms with E-state index in [1.807, 2.05) is 0 Å². The molecule has 2 atom stereocenters. The quantitative estimate of drug-likeness (QED) is 0.795. The molecule has 2 unspecified atom stereocenters. The first kappa shape index (κ1) is 15.2. The largest absolute Gasteiger partial charge is 0.497 e. The lowest BCUT2D eigenvalue weighted by molar-refractivity contribution is -0.143. The number of hydrogen-bond acceptors (Lipinski definition) is 3. The van der Waals surface area contributed by atoms with Crippen molar-refractivity contribution < 1.29 is 19.4 Å². The maximum Gasteiger partial charge on any atom is 0.319 e. The van der Waals surface area contributed by atoms with Gasteiger partial charge < -0.3 is 20.5 Å². The SMILES string of the molecule is COc1cccc(NC(=O)NC2CCCC(C(=O)O)C2)c1. The molecule has 0 aromatic heterocycles. The third kappa shape index (κ3) is 4.37. The summed E-state index contributed by atoms with van der Waals surface area (Å²) < 4.78 is 5.09. The number of methoxy groups -OCH3 is 1. The zero-order valence-corrected chi connectivity index (χ0v) is 12.0. The van der Waals surface area contributed by atoms with Gasteiger partial charge in [-0.3, -0.25) is 4.79 Å². The number of urea groups is 1. The first-order chi connectivity index (χ1) is 10.1. The second-order valence-corrected chi connectivity index (χ2v) is 5.23. The molecule has 114 valence electrons. The van der Waals surface area contributed by atoms with E-state index in [1.165, 1.54) is 0 Å². The van der Waals surface area contributed by atoms with Crippen LogP contribution in [0.3, 0.4) is 0 Å². The Morgan fingerprint density at radius 2 is 2.14 bits per heavy atom. The predicted octanol–water partition coefficient (Wildman–Crippen LogP) is 2.46. The van der Waals surface area contributed by atoms with E-state index in [2.05, 4.69) is 10.6 Å². The fourth-order valence-corrected chi connectivity index (χ4v) is 2.60. The van der Waals surface area contributed by atoms with Crippen molar-refractivity contribution in [2.24, 2.45) is 5.92 Å². The van der Waals surface area contributed by atoms with Crippen LogP contribution in [-0.2, 0) is 4.79 Å².